The molecule has 31 heavy (non-hydrogen) atoms. The number of benzene rings is 2. The normalized spacial score (nSPS) is 13.1. The van der Waals surface area contributed by atoms with Gasteiger partial charge in [-0.25, -0.2) is 4.79 Å². The Hall–Kier alpha value is -3.26. The van der Waals surface area contributed by atoms with Crippen LogP contribution >= 0.6 is 0 Å². The maximum atomic E-state index is 13.0. The Bertz CT molecular complexity index is 1070. The highest BCUT2D eigenvalue weighted by Crippen LogP contribution is 2.46. The van der Waals surface area contributed by atoms with E-state index in [0.29, 0.717) is 35.7 Å². The van der Waals surface area contributed by atoms with Crippen molar-refractivity contribution >= 4 is 11.5 Å². The second kappa shape index (κ2) is 8.85. The van der Waals surface area contributed by atoms with Crippen LogP contribution in [0, 0.1) is 11.3 Å². The number of esters is 1. The van der Waals surface area contributed by atoms with E-state index in [1.165, 1.54) is 0 Å². The number of nitrogens with zero attached hydrogens (tertiary/aromatic N) is 1. The van der Waals surface area contributed by atoms with Crippen molar-refractivity contribution in [2.45, 2.75) is 52.6 Å². The van der Waals surface area contributed by atoms with Crippen LogP contribution in [-0.4, -0.2) is 25.8 Å². The number of hydrogen-bond donors (Lipinski definition) is 0. The summed E-state index contributed by atoms with van der Waals surface area (Å²) in [5.41, 5.74) is 4.48. The van der Waals surface area contributed by atoms with Crippen LogP contribution in [0.4, 0.5) is 0 Å². The minimum atomic E-state index is -0.475. The first-order chi connectivity index (χ1) is 14.7. The highest BCUT2D eigenvalue weighted by Gasteiger charge is 2.37. The molecular formula is C26H29NO4. The van der Waals surface area contributed by atoms with E-state index in [4.69, 9.17) is 14.2 Å². The molecule has 2 aromatic carbocycles. The van der Waals surface area contributed by atoms with Crippen molar-refractivity contribution in [2.75, 3.05) is 13.7 Å². The van der Waals surface area contributed by atoms with Crippen LogP contribution < -0.4 is 9.47 Å². The fourth-order valence-electron chi connectivity index (χ4n) is 4.05. The molecule has 0 amide bonds. The zero-order chi connectivity index (χ0) is 22.8. The van der Waals surface area contributed by atoms with Gasteiger partial charge in [-0.3, -0.25) is 0 Å². The highest BCUT2D eigenvalue weighted by molar-refractivity contribution is 6.19. The van der Waals surface area contributed by atoms with E-state index < -0.39 is 5.41 Å². The predicted molar refractivity (Wildman–Crippen MR) is 120 cm³/mol. The van der Waals surface area contributed by atoms with Gasteiger partial charge in [0.05, 0.1) is 37.0 Å². The third kappa shape index (κ3) is 4.29. The van der Waals surface area contributed by atoms with Gasteiger partial charge >= 0.3 is 5.97 Å². The summed E-state index contributed by atoms with van der Waals surface area (Å²) in [6.45, 7) is 10.2. The SMILES string of the molecule is CCOC(=O)C1=C(C(C)(C)c2ccc(OC(C)C)c(OC)c2)Cc2cc(C#N)ccc21. The molecule has 1 aliphatic rings. The molecule has 0 N–H and O–H groups in total. The van der Waals surface area contributed by atoms with Gasteiger partial charge in [0.25, 0.3) is 0 Å². The number of methoxy groups -OCH3 is 1. The van der Waals surface area contributed by atoms with E-state index in [0.717, 1.165) is 22.3 Å². The standard InChI is InChI=1S/C26H29NO4/c1-7-30-25(28)24-20-10-8-17(15-27)12-18(20)13-21(24)26(4,5)19-9-11-22(31-16(2)3)23(14-19)29-6/h8-12,14,16H,7,13H2,1-6H3. The van der Waals surface area contributed by atoms with Crippen LogP contribution in [0.15, 0.2) is 42.0 Å². The molecule has 0 spiro atoms. The molecule has 162 valence electrons. The number of carbonyl (C=O) groups is 1. The van der Waals surface area contributed by atoms with E-state index in [1.807, 2.05) is 44.2 Å². The number of fused-ring (bicyclic) bond motifs is 1. The summed E-state index contributed by atoms with van der Waals surface area (Å²) in [7, 11) is 1.62. The van der Waals surface area contributed by atoms with Gasteiger partial charge < -0.3 is 14.2 Å². The lowest BCUT2D eigenvalue weighted by Gasteiger charge is -2.29. The average Bonchev–Trinajstić information content (AvgIpc) is 3.13. The van der Waals surface area contributed by atoms with Crippen LogP contribution in [0.5, 0.6) is 11.5 Å². The lowest BCUT2D eigenvalue weighted by molar-refractivity contribution is -0.136. The number of ether oxygens (including phenoxy) is 3. The van der Waals surface area contributed by atoms with Crippen LogP contribution in [-0.2, 0) is 21.4 Å². The summed E-state index contributed by atoms with van der Waals surface area (Å²) in [4.78, 5) is 13.0. The molecule has 0 atom stereocenters. The smallest absolute Gasteiger partial charge is 0.338 e. The van der Waals surface area contributed by atoms with Gasteiger partial charge in [0, 0.05) is 5.41 Å². The maximum Gasteiger partial charge on any atom is 0.338 e. The van der Waals surface area contributed by atoms with Crippen molar-refractivity contribution < 1.29 is 19.0 Å². The van der Waals surface area contributed by atoms with E-state index in [9.17, 15) is 10.1 Å². The minimum Gasteiger partial charge on any atom is -0.493 e. The second-order valence-corrected chi connectivity index (χ2v) is 8.39. The van der Waals surface area contributed by atoms with E-state index in [1.54, 1.807) is 20.1 Å². The molecule has 0 saturated heterocycles. The van der Waals surface area contributed by atoms with Gasteiger partial charge in [-0.1, -0.05) is 26.0 Å². The van der Waals surface area contributed by atoms with Crippen molar-refractivity contribution in [1.82, 2.24) is 0 Å². The predicted octanol–water partition coefficient (Wildman–Crippen LogP) is 5.20. The van der Waals surface area contributed by atoms with E-state index in [-0.39, 0.29) is 12.1 Å². The quantitative estimate of drug-likeness (QED) is 0.577. The van der Waals surface area contributed by atoms with Crippen molar-refractivity contribution in [3.05, 3.63) is 64.2 Å². The summed E-state index contributed by atoms with van der Waals surface area (Å²) < 4.78 is 16.8. The third-order valence-electron chi connectivity index (χ3n) is 5.65. The number of carbonyl (C=O) groups excluding carboxylic acids is 1. The van der Waals surface area contributed by atoms with Crippen molar-refractivity contribution in [3.63, 3.8) is 0 Å². The fourth-order valence-corrected chi connectivity index (χ4v) is 4.05. The van der Waals surface area contributed by atoms with E-state index in [2.05, 4.69) is 19.9 Å². The first kappa shape index (κ1) is 22.4. The monoisotopic (exact) mass is 419 g/mol. The Morgan fingerprint density at radius 3 is 2.52 bits per heavy atom. The van der Waals surface area contributed by atoms with Gasteiger partial charge in [-0.05, 0) is 73.7 Å². The summed E-state index contributed by atoms with van der Waals surface area (Å²) in [6, 6.07) is 13.5. The largest absolute Gasteiger partial charge is 0.493 e. The molecule has 3 rings (SSSR count). The van der Waals surface area contributed by atoms with E-state index >= 15 is 0 Å². The third-order valence-corrected chi connectivity index (χ3v) is 5.65. The Morgan fingerprint density at radius 1 is 1.16 bits per heavy atom. The Balaban J connectivity index is 2.12. The molecule has 0 radical (unpaired) electrons. The maximum absolute atomic E-state index is 13.0. The second-order valence-electron chi connectivity index (χ2n) is 8.39. The van der Waals surface area contributed by atoms with Gasteiger partial charge in [0.2, 0.25) is 0 Å². The van der Waals surface area contributed by atoms with Crippen LogP contribution in [0.3, 0.4) is 0 Å². The molecule has 0 unspecified atom stereocenters. The molecule has 0 heterocycles. The van der Waals surface area contributed by atoms with Crippen LogP contribution in [0.2, 0.25) is 0 Å². The number of nitriles is 1. The van der Waals surface area contributed by atoms with Gasteiger partial charge in [-0.15, -0.1) is 0 Å². The Kier molecular flexibility index (Phi) is 6.40. The molecule has 1 aliphatic carbocycles. The molecule has 5 nitrogen and oxygen atoms in total. The van der Waals surface area contributed by atoms with Crippen molar-refractivity contribution in [3.8, 4) is 17.6 Å². The van der Waals surface area contributed by atoms with Crippen molar-refractivity contribution in [2.24, 2.45) is 0 Å². The molecule has 0 bridgehead atoms. The van der Waals surface area contributed by atoms with Crippen LogP contribution in [0.25, 0.3) is 5.57 Å². The Labute approximate surface area is 184 Å². The summed E-state index contributed by atoms with van der Waals surface area (Å²) in [6.07, 6.45) is 0.614. The Morgan fingerprint density at radius 2 is 1.90 bits per heavy atom. The zero-order valence-electron chi connectivity index (χ0n) is 19.0. The molecule has 0 aromatic heterocycles. The topological polar surface area (TPSA) is 68.6 Å². The van der Waals surface area contributed by atoms with Crippen molar-refractivity contribution in [1.29, 1.82) is 5.26 Å². The van der Waals surface area contributed by atoms with Gasteiger partial charge in [-0.2, -0.15) is 5.26 Å². The number of rotatable bonds is 7. The summed E-state index contributed by atoms with van der Waals surface area (Å²) in [5, 5.41) is 9.30. The lowest BCUT2D eigenvalue weighted by atomic mass is 9.75. The summed E-state index contributed by atoms with van der Waals surface area (Å²) in [5.74, 6) is 1.01. The molecule has 2 aromatic rings. The average molecular weight is 420 g/mol. The fraction of sp³-hybridized carbons (Fsp3) is 0.385. The van der Waals surface area contributed by atoms with Gasteiger partial charge in [0.15, 0.2) is 11.5 Å². The first-order valence-corrected chi connectivity index (χ1v) is 10.5. The van der Waals surface area contributed by atoms with Gasteiger partial charge in [0.1, 0.15) is 0 Å². The molecular weight excluding hydrogens is 390 g/mol. The lowest BCUT2D eigenvalue weighted by Crippen LogP contribution is -2.23. The summed E-state index contributed by atoms with van der Waals surface area (Å²) >= 11 is 0. The zero-order valence-corrected chi connectivity index (χ0v) is 19.0. The number of allylic oxidation sites excluding steroid dienone is 1. The molecule has 0 fully saturated rings. The minimum absolute atomic E-state index is 0.0320. The van der Waals surface area contributed by atoms with Crippen LogP contribution in [0.1, 0.15) is 56.9 Å². The highest BCUT2D eigenvalue weighted by atomic mass is 16.5. The molecule has 5 heteroatoms. The first-order valence-electron chi connectivity index (χ1n) is 10.5. The molecule has 0 saturated carbocycles. The molecule has 0 aliphatic heterocycles. The number of hydrogen-bond acceptors (Lipinski definition) is 5.